The van der Waals surface area contributed by atoms with Crippen LogP contribution in [0.4, 0.5) is 4.79 Å². The van der Waals surface area contributed by atoms with Crippen molar-refractivity contribution in [2.24, 2.45) is 5.41 Å². The number of aromatic nitrogens is 4. The molecule has 2 fully saturated rings. The largest absolute Gasteiger partial charge is 0.459 e. The molecule has 5 rings (SSSR count). The summed E-state index contributed by atoms with van der Waals surface area (Å²) in [6.45, 7) is 1.97. The Morgan fingerprint density at radius 1 is 1.11 bits per heavy atom. The Morgan fingerprint density at radius 3 is 2.53 bits per heavy atom. The van der Waals surface area contributed by atoms with Gasteiger partial charge in [0.2, 0.25) is 0 Å². The van der Waals surface area contributed by atoms with E-state index in [4.69, 9.17) is 21.1 Å². The third-order valence-electron chi connectivity index (χ3n) is 7.20. The number of ether oxygens (including phenoxy) is 2. The van der Waals surface area contributed by atoms with Crippen LogP contribution in [0.3, 0.4) is 0 Å². The highest BCUT2D eigenvalue weighted by Gasteiger charge is 2.63. The van der Waals surface area contributed by atoms with Crippen molar-refractivity contribution in [1.82, 2.24) is 24.4 Å². The van der Waals surface area contributed by atoms with E-state index in [1.54, 1.807) is 9.47 Å². The van der Waals surface area contributed by atoms with Crippen LogP contribution >= 0.6 is 11.6 Å². The first-order valence-electron chi connectivity index (χ1n) is 11.6. The van der Waals surface area contributed by atoms with Crippen LogP contribution in [0, 0.1) is 5.41 Å². The molecular formula is C24H26ClN5O6. The van der Waals surface area contributed by atoms with Crippen molar-refractivity contribution in [1.29, 1.82) is 0 Å². The molecule has 0 bridgehead atoms. The molecule has 2 aromatic heterocycles. The maximum Gasteiger partial charge on any atom is 0.410 e. The van der Waals surface area contributed by atoms with Crippen LogP contribution in [0.2, 0.25) is 5.15 Å². The first-order valence-corrected chi connectivity index (χ1v) is 12.0. The number of carbonyl (C=O) groups excluding carboxylic acids is 2. The fraction of sp³-hybridized carbons (Fsp3) is 0.458. The second-order valence-electron chi connectivity index (χ2n) is 9.20. The second-order valence-corrected chi connectivity index (χ2v) is 9.56. The summed E-state index contributed by atoms with van der Waals surface area (Å²) in [5.41, 5.74) is 0.725. The first-order chi connectivity index (χ1) is 17.3. The van der Waals surface area contributed by atoms with Gasteiger partial charge in [-0.3, -0.25) is 4.79 Å². The number of rotatable bonds is 4. The van der Waals surface area contributed by atoms with Gasteiger partial charge in [0, 0.05) is 25.4 Å². The zero-order valence-electron chi connectivity index (χ0n) is 19.5. The highest BCUT2D eigenvalue weighted by Crippen LogP contribution is 2.55. The van der Waals surface area contributed by atoms with E-state index in [0.717, 1.165) is 5.56 Å². The number of imidazole rings is 1. The van der Waals surface area contributed by atoms with Crippen LogP contribution in [0.5, 0.6) is 0 Å². The van der Waals surface area contributed by atoms with Crippen LogP contribution in [0.15, 0.2) is 43.0 Å². The fourth-order valence-corrected chi connectivity index (χ4v) is 5.72. The van der Waals surface area contributed by atoms with Gasteiger partial charge in [-0.1, -0.05) is 41.9 Å². The first kappa shape index (κ1) is 24.4. The normalized spacial score (nSPS) is 25.3. The molecule has 1 aliphatic heterocycles. The van der Waals surface area contributed by atoms with Crippen molar-refractivity contribution < 1.29 is 29.3 Å². The molecule has 1 aliphatic carbocycles. The van der Waals surface area contributed by atoms with Gasteiger partial charge in [-0.05, 0) is 18.4 Å². The number of amides is 1. The Morgan fingerprint density at radius 2 is 1.83 bits per heavy atom. The Hall–Kier alpha value is -3.28. The van der Waals surface area contributed by atoms with Crippen LogP contribution in [0.1, 0.15) is 31.4 Å². The monoisotopic (exact) mass is 515 g/mol. The number of carbonyl (C=O) groups is 2. The molecule has 0 radical (unpaired) electrons. The van der Waals surface area contributed by atoms with E-state index < -0.39 is 41.8 Å². The van der Waals surface area contributed by atoms with Gasteiger partial charge in [0.05, 0.1) is 12.4 Å². The average Bonchev–Trinajstić information content (AvgIpc) is 3.38. The summed E-state index contributed by atoms with van der Waals surface area (Å²) >= 11 is 6.18. The molecule has 4 atom stereocenters. The summed E-state index contributed by atoms with van der Waals surface area (Å²) in [4.78, 5) is 38.8. The number of hydrogen-bond acceptors (Lipinski definition) is 9. The molecule has 2 N–H and O–H groups in total. The molecule has 1 spiro atoms. The Labute approximate surface area is 211 Å². The highest BCUT2D eigenvalue weighted by molar-refractivity contribution is 6.33. The molecule has 0 unspecified atom stereocenters. The molecule has 1 saturated heterocycles. The smallest absolute Gasteiger partial charge is 0.410 e. The van der Waals surface area contributed by atoms with Crippen molar-refractivity contribution in [2.45, 2.75) is 50.7 Å². The van der Waals surface area contributed by atoms with Gasteiger partial charge in [0.1, 0.15) is 36.8 Å². The van der Waals surface area contributed by atoms with E-state index >= 15 is 0 Å². The predicted octanol–water partition coefficient (Wildman–Crippen LogP) is 2.11. The molecule has 3 heterocycles. The molecule has 1 aromatic carbocycles. The van der Waals surface area contributed by atoms with Gasteiger partial charge in [-0.2, -0.15) is 0 Å². The minimum Gasteiger partial charge on any atom is -0.459 e. The van der Waals surface area contributed by atoms with E-state index in [9.17, 15) is 19.8 Å². The van der Waals surface area contributed by atoms with Gasteiger partial charge in [-0.25, -0.2) is 19.7 Å². The third kappa shape index (κ3) is 4.16. The quantitative estimate of drug-likeness (QED) is 0.395. The molecule has 12 heteroatoms. The number of halogens is 1. The number of aliphatic hydroxyl groups is 2. The molecule has 1 amide bonds. The van der Waals surface area contributed by atoms with Gasteiger partial charge in [-0.15, -0.1) is 0 Å². The Bertz CT molecular complexity index is 1260. The van der Waals surface area contributed by atoms with E-state index in [0.29, 0.717) is 24.0 Å². The van der Waals surface area contributed by atoms with Gasteiger partial charge >= 0.3 is 12.1 Å². The predicted molar refractivity (Wildman–Crippen MR) is 127 cm³/mol. The number of piperidine rings is 1. The lowest BCUT2D eigenvalue weighted by Crippen LogP contribution is -2.51. The van der Waals surface area contributed by atoms with E-state index in [2.05, 4.69) is 15.0 Å². The fourth-order valence-electron chi connectivity index (χ4n) is 5.55. The maximum absolute atomic E-state index is 12.8. The molecule has 11 nitrogen and oxygen atoms in total. The molecule has 190 valence electrons. The van der Waals surface area contributed by atoms with E-state index in [-0.39, 0.29) is 24.8 Å². The van der Waals surface area contributed by atoms with Gasteiger partial charge < -0.3 is 29.2 Å². The second kappa shape index (κ2) is 9.64. The van der Waals surface area contributed by atoms with Crippen LogP contribution in [-0.4, -0.2) is 78.1 Å². The maximum atomic E-state index is 12.8. The Balaban J connectivity index is 1.42. The number of esters is 1. The number of aliphatic hydroxyl groups excluding tert-OH is 2. The lowest BCUT2D eigenvalue weighted by Gasteiger charge is -2.45. The zero-order chi connectivity index (χ0) is 25.4. The summed E-state index contributed by atoms with van der Waals surface area (Å²) in [5.74, 6) is -0.572. The minimum absolute atomic E-state index is 0.152. The molecule has 2 aliphatic rings. The SMILES string of the molecule is CC(=O)O[C@@H]1[C@@H](O)[C@@H](O)[C@H](n2cnc3c(Cl)ncnc32)C12CCN(C(=O)OCc1ccccc1)CC2. The number of likely N-dealkylation sites (tertiary alicyclic amines) is 1. The summed E-state index contributed by atoms with van der Waals surface area (Å²) in [6.07, 6.45) is -0.617. The standard InChI is InChI=1S/C24H26ClN5O6/c1-14(31)36-20-18(33)17(32)19(30-13-28-16-21(25)26-12-27-22(16)30)24(20)7-9-29(10-8-24)23(34)35-11-15-5-3-2-4-6-15/h2-6,12-13,17-20,32-33H,7-11H2,1H3/t17-,18+,19+,20-/m1/s1. The zero-order valence-corrected chi connectivity index (χ0v) is 20.3. The highest BCUT2D eigenvalue weighted by atomic mass is 35.5. The van der Waals surface area contributed by atoms with Crippen molar-refractivity contribution >= 4 is 34.8 Å². The Kier molecular flexibility index (Phi) is 6.54. The lowest BCUT2D eigenvalue weighted by atomic mass is 9.72. The van der Waals surface area contributed by atoms with E-state index in [1.165, 1.54) is 19.6 Å². The molecule has 1 saturated carbocycles. The van der Waals surface area contributed by atoms with Crippen LogP contribution in [0.25, 0.3) is 11.2 Å². The molecular weight excluding hydrogens is 490 g/mol. The van der Waals surface area contributed by atoms with Gasteiger partial charge in [0.25, 0.3) is 0 Å². The van der Waals surface area contributed by atoms with Crippen LogP contribution in [-0.2, 0) is 20.9 Å². The summed E-state index contributed by atoms with van der Waals surface area (Å²) in [6, 6.07) is 8.64. The van der Waals surface area contributed by atoms with Gasteiger partial charge in [0.15, 0.2) is 10.8 Å². The average molecular weight is 516 g/mol. The van der Waals surface area contributed by atoms with E-state index in [1.807, 2.05) is 30.3 Å². The number of hydrogen-bond donors (Lipinski definition) is 2. The van der Waals surface area contributed by atoms with Crippen LogP contribution < -0.4 is 0 Å². The summed E-state index contributed by atoms with van der Waals surface area (Å²) in [5, 5.41) is 22.3. The third-order valence-corrected chi connectivity index (χ3v) is 7.48. The van der Waals surface area contributed by atoms with Crippen molar-refractivity contribution in [3.05, 3.63) is 53.7 Å². The molecule has 3 aromatic rings. The van der Waals surface area contributed by atoms with Crippen molar-refractivity contribution in [3.8, 4) is 0 Å². The minimum atomic E-state index is -1.34. The molecule has 36 heavy (non-hydrogen) atoms. The van der Waals surface area contributed by atoms with Crippen molar-refractivity contribution in [2.75, 3.05) is 13.1 Å². The number of benzene rings is 1. The number of nitrogens with zero attached hydrogens (tertiary/aromatic N) is 5. The topological polar surface area (TPSA) is 140 Å². The lowest BCUT2D eigenvalue weighted by molar-refractivity contribution is -0.163. The number of fused-ring (bicyclic) bond motifs is 1. The summed E-state index contributed by atoms with van der Waals surface area (Å²) < 4.78 is 12.7. The van der Waals surface area contributed by atoms with Crippen molar-refractivity contribution in [3.63, 3.8) is 0 Å². The summed E-state index contributed by atoms with van der Waals surface area (Å²) in [7, 11) is 0.